The molecule has 0 radical (unpaired) electrons. The lowest BCUT2D eigenvalue weighted by molar-refractivity contribution is -0.149. The van der Waals surface area contributed by atoms with Gasteiger partial charge in [0.1, 0.15) is 5.60 Å². The van der Waals surface area contributed by atoms with Crippen LogP contribution in [0.1, 0.15) is 30.4 Å². The Bertz CT molecular complexity index is 772. The van der Waals surface area contributed by atoms with Crippen LogP contribution in [0.15, 0.2) is 30.7 Å². The molecule has 1 N–H and O–H groups in total. The Balaban J connectivity index is 1.62. The molecule has 3 atom stereocenters. The molecule has 2 fully saturated rings. The Morgan fingerprint density at radius 3 is 2.48 bits per heavy atom. The first-order valence-electron chi connectivity index (χ1n) is 9.44. The largest absolute Gasteiger partial charge is 0.481 e. The van der Waals surface area contributed by atoms with Gasteiger partial charge in [-0.1, -0.05) is 6.42 Å². The molecule has 2 aromatic heterocycles. The number of rotatable bonds is 5. The minimum Gasteiger partial charge on any atom is -0.481 e. The summed E-state index contributed by atoms with van der Waals surface area (Å²) in [6.45, 7) is 2.55. The normalized spacial score (nSPS) is 28.0. The number of nitrogens with zero attached hydrogens (tertiary/aromatic N) is 4. The number of aromatic nitrogens is 3. The van der Waals surface area contributed by atoms with E-state index in [2.05, 4.69) is 32.0 Å². The van der Waals surface area contributed by atoms with E-state index in [-0.39, 0.29) is 17.8 Å². The van der Waals surface area contributed by atoms with Crippen LogP contribution in [0.25, 0.3) is 0 Å². The molecular weight excluding hydrogens is 344 g/mol. The van der Waals surface area contributed by atoms with Crippen LogP contribution in [-0.2, 0) is 12.1 Å². The third kappa shape index (κ3) is 3.26. The molecule has 1 saturated heterocycles. The van der Waals surface area contributed by atoms with Crippen LogP contribution in [0.5, 0.6) is 11.9 Å². The molecule has 3 heterocycles. The van der Waals surface area contributed by atoms with Gasteiger partial charge in [-0.2, -0.15) is 4.98 Å². The number of methoxy groups -OCH3 is 2. The Morgan fingerprint density at radius 1 is 1.15 bits per heavy atom. The third-order valence-corrected chi connectivity index (χ3v) is 6.00. The molecule has 2 bridgehead atoms. The molecule has 1 aliphatic carbocycles. The molecule has 7 heteroatoms. The summed E-state index contributed by atoms with van der Waals surface area (Å²) in [5, 5.41) is 11.8. The molecule has 0 amide bonds. The quantitative estimate of drug-likeness (QED) is 0.862. The van der Waals surface area contributed by atoms with E-state index in [1.165, 1.54) is 12.7 Å². The summed E-state index contributed by atoms with van der Waals surface area (Å²) in [7, 11) is 3.10. The summed E-state index contributed by atoms with van der Waals surface area (Å²) in [4.78, 5) is 15.1. The van der Waals surface area contributed by atoms with Crippen LogP contribution in [-0.4, -0.2) is 52.3 Å². The lowest BCUT2D eigenvalue weighted by Crippen LogP contribution is -2.58. The first kappa shape index (κ1) is 18.1. The first-order valence-corrected chi connectivity index (χ1v) is 9.44. The number of hydrogen-bond acceptors (Lipinski definition) is 7. The highest BCUT2D eigenvalue weighted by molar-refractivity contribution is 5.34. The van der Waals surface area contributed by atoms with Crippen LogP contribution < -0.4 is 9.47 Å². The highest BCUT2D eigenvalue weighted by atomic mass is 16.5. The Hall–Kier alpha value is -2.25. The molecule has 1 saturated carbocycles. The Kier molecular flexibility index (Phi) is 4.97. The smallest absolute Gasteiger partial charge is 0.319 e. The van der Waals surface area contributed by atoms with Gasteiger partial charge in [-0.3, -0.25) is 9.88 Å². The molecular formula is C20H26N4O3. The minimum absolute atomic E-state index is 0.123. The zero-order chi connectivity index (χ0) is 18.9. The molecule has 0 spiro atoms. The van der Waals surface area contributed by atoms with E-state index >= 15 is 0 Å². The Morgan fingerprint density at radius 2 is 1.85 bits per heavy atom. The molecule has 1 unspecified atom stereocenters. The number of ether oxygens (including phenoxy) is 2. The molecule has 7 nitrogen and oxygen atoms in total. The van der Waals surface area contributed by atoms with E-state index < -0.39 is 5.60 Å². The fraction of sp³-hybridized carbons (Fsp3) is 0.550. The number of hydrogen-bond donors (Lipinski definition) is 1. The van der Waals surface area contributed by atoms with E-state index in [1.807, 2.05) is 12.4 Å². The predicted octanol–water partition coefficient (Wildman–Crippen LogP) is 2.01. The molecule has 2 aliphatic rings. The lowest BCUT2D eigenvalue weighted by Gasteiger charge is -2.53. The van der Waals surface area contributed by atoms with Crippen molar-refractivity contribution in [2.45, 2.75) is 31.4 Å². The highest BCUT2D eigenvalue weighted by Crippen LogP contribution is 2.51. The maximum absolute atomic E-state index is 11.8. The number of fused-ring (bicyclic) bond motifs is 2. The van der Waals surface area contributed by atoms with Gasteiger partial charge in [0.05, 0.1) is 19.8 Å². The van der Waals surface area contributed by atoms with Crippen LogP contribution in [0.4, 0.5) is 0 Å². The molecule has 4 rings (SSSR count). The van der Waals surface area contributed by atoms with Gasteiger partial charge in [0.15, 0.2) is 0 Å². The average molecular weight is 370 g/mol. The molecule has 1 aliphatic heterocycles. The summed E-state index contributed by atoms with van der Waals surface area (Å²) in [5.41, 5.74) is 0.966. The van der Waals surface area contributed by atoms with Gasteiger partial charge in [0, 0.05) is 50.1 Å². The highest BCUT2D eigenvalue weighted by Gasteiger charge is 2.53. The third-order valence-electron chi connectivity index (χ3n) is 6.00. The second-order valence-electron chi connectivity index (χ2n) is 7.48. The second kappa shape index (κ2) is 7.40. The van der Waals surface area contributed by atoms with Crippen molar-refractivity contribution in [3.8, 4) is 11.9 Å². The monoisotopic (exact) mass is 370 g/mol. The van der Waals surface area contributed by atoms with Crippen LogP contribution >= 0.6 is 0 Å². The molecule has 2 aromatic rings. The van der Waals surface area contributed by atoms with Crippen molar-refractivity contribution in [2.75, 3.05) is 27.3 Å². The Labute approximate surface area is 159 Å². The minimum atomic E-state index is -0.968. The van der Waals surface area contributed by atoms with Crippen molar-refractivity contribution in [1.29, 1.82) is 0 Å². The predicted molar refractivity (Wildman–Crippen MR) is 99.4 cm³/mol. The van der Waals surface area contributed by atoms with Crippen LogP contribution in [0, 0.1) is 11.8 Å². The van der Waals surface area contributed by atoms with E-state index in [0.717, 1.165) is 38.9 Å². The van der Waals surface area contributed by atoms with Gasteiger partial charge in [0.25, 0.3) is 0 Å². The van der Waals surface area contributed by atoms with E-state index in [1.54, 1.807) is 13.3 Å². The van der Waals surface area contributed by atoms with Crippen molar-refractivity contribution in [3.05, 3.63) is 41.9 Å². The molecule has 27 heavy (non-hydrogen) atoms. The van der Waals surface area contributed by atoms with Gasteiger partial charge in [-0.25, -0.2) is 4.98 Å². The number of piperidine rings is 1. The second-order valence-corrected chi connectivity index (χ2v) is 7.48. The summed E-state index contributed by atoms with van der Waals surface area (Å²) in [6.07, 6.45) is 8.44. The zero-order valence-electron chi connectivity index (χ0n) is 15.8. The fourth-order valence-corrected chi connectivity index (χ4v) is 4.74. The zero-order valence-corrected chi connectivity index (χ0v) is 15.8. The maximum atomic E-state index is 11.8. The fourth-order valence-electron chi connectivity index (χ4n) is 4.74. The van der Waals surface area contributed by atoms with E-state index in [9.17, 15) is 5.11 Å². The number of likely N-dealkylation sites (tertiary alicyclic amines) is 1. The molecule has 144 valence electrons. The van der Waals surface area contributed by atoms with E-state index in [0.29, 0.717) is 11.4 Å². The number of aliphatic hydroxyl groups is 1. The maximum Gasteiger partial charge on any atom is 0.319 e. The average Bonchev–Trinajstić information content (AvgIpc) is 2.69. The first-order chi connectivity index (χ1) is 13.1. The standard InChI is InChI=1S/C20H26N4O3/c1-26-18-17(10-22-19(23-18)27-2)20(25)15-4-3-5-16(20)13-24(12-15)11-14-6-8-21-9-7-14/h6-10,15-16,25H,3-5,11-13H2,1-2H3/t15-,16+,20?. The van der Waals surface area contributed by atoms with Crippen molar-refractivity contribution in [2.24, 2.45) is 11.8 Å². The topological polar surface area (TPSA) is 80.6 Å². The van der Waals surface area contributed by atoms with Crippen LogP contribution in [0.2, 0.25) is 0 Å². The summed E-state index contributed by atoms with van der Waals surface area (Å²) in [6, 6.07) is 4.35. The molecule has 0 aromatic carbocycles. The van der Waals surface area contributed by atoms with Crippen molar-refractivity contribution in [1.82, 2.24) is 19.9 Å². The van der Waals surface area contributed by atoms with Crippen molar-refractivity contribution < 1.29 is 14.6 Å². The summed E-state index contributed by atoms with van der Waals surface area (Å²) >= 11 is 0. The van der Waals surface area contributed by atoms with Gasteiger partial charge >= 0.3 is 6.01 Å². The van der Waals surface area contributed by atoms with Crippen LogP contribution in [0.3, 0.4) is 0 Å². The van der Waals surface area contributed by atoms with Gasteiger partial charge < -0.3 is 14.6 Å². The lowest BCUT2D eigenvalue weighted by atomic mass is 9.63. The number of pyridine rings is 1. The van der Waals surface area contributed by atoms with Gasteiger partial charge in [0.2, 0.25) is 5.88 Å². The van der Waals surface area contributed by atoms with Gasteiger partial charge in [-0.15, -0.1) is 0 Å². The van der Waals surface area contributed by atoms with E-state index in [4.69, 9.17) is 9.47 Å². The van der Waals surface area contributed by atoms with Gasteiger partial charge in [-0.05, 0) is 30.5 Å². The van der Waals surface area contributed by atoms with Crippen molar-refractivity contribution in [3.63, 3.8) is 0 Å². The SMILES string of the molecule is COc1ncc(C2(O)[C@@H]3CCC[C@H]2CN(Cc2ccncc2)C3)c(OC)n1. The summed E-state index contributed by atoms with van der Waals surface area (Å²) < 4.78 is 10.6. The van der Waals surface area contributed by atoms with Crippen molar-refractivity contribution >= 4 is 0 Å². The summed E-state index contributed by atoms with van der Waals surface area (Å²) in [5.74, 6) is 0.652.